The van der Waals surface area contributed by atoms with Crippen molar-refractivity contribution in [1.82, 2.24) is 20.0 Å². The Labute approximate surface area is 478 Å². The van der Waals surface area contributed by atoms with Crippen LogP contribution in [0.3, 0.4) is 0 Å². The van der Waals surface area contributed by atoms with Gasteiger partial charge in [-0.1, -0.05) is 73.6 Å². The van der Waals surface area contributed by atoms with E-state index in [0.717, 1.165) is 6.54 Å². The number of aromatic hydroxyl groups is 1. The van der Waals surface area contributed by atoms with Crippen molar-refractivity contribution in [2.75, 3.05) is 53.5 Å². The van der Waals surface area contributed by atoms with Crippen LogP contribution in [0, 0.1) is 48.3 Å². The normalized spacial score (nSPS) is 28.7. The van der Waals surface area contributed by atoms with E-state index in [1.165, 1.54) is 57.1 Å². The first kappa shape index (κ1) is 65.6. The van der Waals surface area contributed by atoms with Crippen LogP contribution in [0.5, 0.6) is 11.5 Å². The quantitative estimate of drug-likeness (QED) is 0.0686. The van der Waals surface area contributed by atoms with Gasteiger partial charge in [0.15, 0.2) is 5.40 Å². The van der Waals surface area contributed by atoms with Gasteiger partial charge in [-0.15, -0.1) is 0 Å². The van der Waals surface area contributed by atoms with Gasteiger partial charge in [0, 0.05) is 80.9 Å². The van der Waals surface area contributed by atoms with Gasteiger partial charge in [-0.05, 0) is 63.0 Å². The number of aliphatic hydroxyl groups is 1. The van der Waals surface area contributed by atoms with Crippen LogP contribution >= 0.6 is 15.2 Å². The summed E-state index contributed by atoms with van der Waals surface area (Å²) in [6, 6.07) is 0. The zero-order chi connectivity index (χ0) is 61.3. The van der Waals surface area contributed by atoms with Crippen LogP contribution in [0.2, 0.25) is 0 Å². The summed E-state index contributed by atoms with van der Waals surface area (Å²) in [7, 11) is -7.77. The van der Waals surface area contributed by atoms with Crippen molar-refractivity contribution in [1.29, 1.82) is 0 Å². The molecule has 1 spiro atoms. The standard InChI is InChI=1S/C56H81N5O19P2/c1-29(2)27-60-22-20-56(21-23-60)58-44-41-42-48(65)37(10)51-43(41)52(67)55(11,80-51)78-25-19-30(3)33(6)34(7)35(8)47(64)36(9)50(31(4)15-14-16-32(5)53(68)57-45(49(42)66)46(44)61(56)54(69)76-13)79-39(63)28-59(12)24-26-77-38(62)17-18-40(81(70,71)72)82(73,74)75/h14-16,19,25,29-31,33-36,40,47,50,64-65H,17-18,20-24,26-28H2,1-13H3,(H,57,68)(H2,70,71,72)(H2,73,74,75)/b15-14+,25-19+,32-16-/t30-,31-,33+,34+,35-,36-,47-,50-,55-/m0/s1. The number of aliphatic hydroxyl groups excluding tert-OH is 1. The molecule has 0 saturated carbocycles. The third-order valence-corrected chi connectivity index (χ3v) is 20.6. The Balaban J connectivity index is 1.36. The van der Waals surface area contributed by atoms with Gasteiger partial charge >= 0.3 is 39.0 Å². The molecule has 0 radical (unpaired) electrons. The molecule has 1 fully saturated rings. The third-order valence-electron chi connectivity index (χ3n) is 16.8. The topological polar surface area (TPSA) is 338 Å². The van der Waals surface area contributed by atoms with E-state index in [1.807, 2.05) is 27.7 Å². The number of likely N-dealkylation sites (N-methyl/N-ethyl adjacent to an activating group) is 1. The lowest BCUT2D eigenvalue weighted by Gasteiger charge is -2.43. The molecule has 6 aliphatic rings. The maximum atomic E-state index is 15.2. The zero-order valence-corrected chi connectivity index (χ0v) is 50.7. The largest absolute Gasteiger partial charge is 0.507 e. The third kappa shape index (κ3) is 13.8. The highest BCUT2D eigenvalue weighted by Crippen LogP contribution is 2.61. The number of methoxy groups -OCH3 is 1. The number of ketones is 2. The van der Waals surface area contributed by atoms with Gasteiger partial charge in [-0.3, -0.25) is 43.0 Å². The maximum absolute atomic E-state index is 15.2. The SMILES string of the molecule is COC(=O)N1C2=C3NC(=O)/C(C)=C\C=C\[C@H](C)[C@H](OC(=O)CN(C)CCOC(=O)CCC(P(=O)(O)O)P(=O)(O)O)[C@@H](C)[C@@H](O)[C@@H](C)[C@H](C)[C@H](C)[C@@H](C)/C=C/O[C@@]4(C)Oc5c(C)c(O)c(c(c5C4=O)C2=NC12CCN(CC(C)C)CC2)C3=O. The monoisotopic (exact) mass is 1190 g/mol. The van der Waals surface area contributed by atoms with E-state index < -0.39 is 116 Å². The average Bonchev–Trinajstić information content (AvgIpc) is 3.16. The number of aliphatic imine (C=N–C) groups is 1. The molecular weight excluding hydrogens is 1110 g/mol. The number of fused-ring (bicyclic) bond motifs is 13. The fourth-order valence-electron chi connectivity index (χ4n) is 11.4. The maximum Gasteiger partial charge on any atom is 0.416 e. The van der Waals surface area contributed by atoms with Crippen molar-refractivity contribution in [3.05, 3.63) is 69.8 Å². The number of nitrogens with zero attached hydrogens (tertiary/aromatic N) is 4. The number of likely N-dealkylation sites (tertiary alicyclic amines) is 1. The van der Waals surface area contributed by atoms with Crippen molar-refractivity contribution < 1.29 is 91.4 Å². The second-order valence-corrected chi connectivity index (χ2v) is 27.2. The number of esters is 2. The van der Waals surface area contributed by atoms with E-state index in [0.29, 0.717) is 19.0 Å². The number of hydrogen-bond donors (Lipinski definition) is 7. The summed E-state index contributed by atoms with van der Waals surface area (Å²) in [6.45, 7) is 21.0. The number of carbonyl (C=O) groups is 6. The summed E-state index contributed by atoms with van der Waals surface area (Å²) in [5.74, 6) is -8.57. The first-order valence-corrected chi connectivity index (χ1v) is 30.9. The molecule has 9 atom stereocenters. The van der Waals surface area contributed by atoms with Crippen LogP contribution in [0.1, 0.15) is 127 Å². The smallest absolute Gasteiger partial charge is 0.416 e. The van der Waals surface area contributed by atoms with Crippen molar-refractivity contribution in [3.8, 4) is 11.5 Å². The van der Waals surface area contributed by atoms with Gasteiger partial charge in [-0.2, -0.15) is 0 Å². The van der Waals surface area contributed by atoms with Gasteiger partial charge in [0.1, 0.15) is 41.3 Å². The summed E-state index contributed by atoms with van der Waals surface area (Å²) < 4.78 is 52.4. The van der Waals surface area contributed by atoms with E-state index in [4.69, 9.17) is 28.7 Å². The fraction of sp³-hybridized carbons (Fsp3) is 0.625. The highest BCUT2D eigenvalue weighted by molar-refractivity contribution is 7.70. The average molecular weight is 1190 g/mol. The number of carbonyl (C=O) groups excluding carboxylic acids is 6. The van der Waals surface area contributed by atoms with E-state index in [2.05, 4.69) is 24.1 Å². The zero-order valence-electron chi connectivity index (χ0n) is 48.9. The number of phenolic OH excluding ortho intramolecular Hbond substituents is 1. The first-order valence-electron chi connectivity index (χ1n) is 27.6. The molecule has 1 saturated heterocycles. The van der Waals surface area contributed by atoms with Crippen LogP contribution in [0.15, 0.2) is 52.5 Å². The molecule has 1 aliphatic carbocycles. The van der Waals surface area contributed by atoms with E-state index in [1.54, 1.807) is 32.1 Å². The lowest BCUT2D eigenvalue weighted by molar-refractivity contribution is -0.159. The number of hydrogen-bond acceptors (Lipinski definition) is 18. The molecule has 0 unspecified atom stereocenters. The summed E-state index contributed by atoms with van der Waals surface area (Å²) in [4.78, 5) is 133. The molecule has 24 nitrogen and oxygen atoms in total. The molecule has 26 heteroatoms. The Morgan fingerprint density at radius 2 is 1.54 bits per heavy atom. The molecule has 7 rings (SSSR count). The van der Waals surface area contributed by atoms with E-state index in [-0.39, 0.29) is 101 Å². The number of piperidine rings is 1. The Kier molecular flexibility index (Phi) is 20.6. The molecule has 2 amide bonds. The number of allylic oxidation sites excluding steroid dienone is 5. The number of Topliss-reactive ketones (excluding diaryl/α,β-unsaturated/α-hetero) is 2. The molecular formula is C56H81N5O19P2. The van der Waals surface area contributed by atoms with Crippen molar-refractivity contribution >= 4 is 56.4 Å². The molecule has 5 heterocycles. The number of amides is 2. The minimum Gasteiger partial charge on any atom is -0.507 e. The van der Waals surface area contributed by atoms with Crippen LogP contribution in [-0.4, -0.2) is 168 Å². The summed E-state index contributed by atoms with van der Waals surface area (Å²) in [6.07, 6.45) is 3.95. The lowest BCUT2D eigenvalue weighted by atomic mass is 9.72. The molecule has 5 bridgehead atoms. The van der Waals surface area contributed by atoms with Gasteiger partial charge in [0.2, 0.25) is 5.78 Å². The summed E-state index contributed by atoms with van der Waals surface area (Å²) >= 11 is 0. The minimum absolute atomic E-state index is 0.00716. The summed E-state index contributed by atoms with van der Waals surface area (Å²) in [5, 5.41) is 24.5. The molecule has 7 N–H and O–H groups in total. The highest BCUT2D eigenvalue weighted by atomic mass is 31.2. The van der Waals surface area contributed by atoms with Gasteiger partial charge in [-0.25, -0.2) is 9.69 Å². The van der Waals surface area contributed by atoms with Gasteiger partial charge in [0.25, 0.3) is 11.7 Å². The molecule has 454 valence electrons. The number of nitrogens with one attached hydrogen (secondary N) is 1. The number of ether oxygens (including phenoxy) is 5. The van der Waals surface area contributed by atoms with Crippen molar-refractivity contribution in [2.45, 2.75) is 131 Å². The Morgan fingerprint density at radius 3 is 2.13 bits per heavy atom. The highest BCUT2D eigenvalue weighted by Gasteiger charge is 2.58. The van der Waals surface area contributed by atoms with Crippen LogP contribution in [0.4, 0.5) is 4.79 Å². The predicted molar refractivity (Wildman–Crippen MR) is 299 cm³/mol. The predicted octanol–water partition coefficient (Wildman–Crippen LogP) is 5.91. The lowest BCUT2D eigenvalue weighted by Crippen LogP contribution is -2.54. The van der Waals surface area contributed by atoms with Crippen molar-refractivity contribution in [2.24, 2.45) is 46.4 Å². The van der Waals surface area contributed by atoms with Crippen LogP contribution < -0.4 is 10.1 Å². The van der Waals surface area contributed by atoms with Crippen molar-refractivity contribution in [3.63, 3.8) is 0 Å². The molecule has 0 aromatic heterocycles. The summed E-state index contributed by atoms with van der Waals surface area (Å²) in [5.41, 5.74) is -2.27. The van der Waals surface area contributed by atoms with E-state index in [9.17, 15) is 62.9 Å². The van der Waals surface area contributed by atoms with Gasteiger partial charge in [0.05, 0.1) is 42.9 Å². The van der Waals surface area contributed by atoms with Crippen LogP contribution in [-0.2, 0) is 42.5 Å². The second-order valence-electron chi connectivity index (χ2n) is 23.2. The van der Waals surface area contributed by atoms with E-state index >= 15 is 4.79 Å². The Morgan fingerprint density at radius 1 is 0.902 bits per heavy atom. The first-order chi connectivity index (χ1) is 38.1. The fourth-order valence-corrected chi connectivity index (χ4v) is 13.9. The molecule has 1 aromatic rings. The van der Waals surface area contributed by atoms with Gasteiger partial charge < -0.3 is 63.7 Å². The second kappa shape index (κ2) is 25.7. The number of rotatable bonds is 13. The van der Waals surface area contributed by atoms with Crippen LogP contribution in [0.25, 0.3) is 0 Å². The Hall–Kier alpha value is -5.55. The molecule has 1 aromatic carbocycles. The number of benzene rings is 1. The molecule has 82 heavy (non-hydrogen) atoms. The minimum atomic E-state index is -5.25. The molecule has 5 aliphatic heterocycles. The number of phenols is 1. The Bertz CT molecular complexity index is 2910.